The van der Waals surface area contributed by atoms with Crippen molar-refractivity contribution in [1.82, 2.24) is 0 Å². The van der Waals surface area contributed by atoms with E-state index >= 15 is 0 Å². The van der Waals surface area contributed by atoms with Crippen LogP contribution in [0.2, 0.25) is 0 Å². The molecule has 0 saturated heterocycles. The van der Waals surface area contributed by atoms with Crippen molar-refractivity contribution < 1.29 is 22.6 Å². The van der Waals surface area contributed by atoms with Crippen molar-refractivity contribution >= 4 is 15.7 Å². The summed E-state index contributed by atoms with van der Waals surface area (Å²) in [4.78, 5) is 0.0760. The fourth-order valence-electron chi connectivity index (χ4n) is 1.97. The maximum absolute atomic E-state index is 12.5. The van der Waals surface area contributed by atoms with Gasteiger partial charge in [0.15, 0.2) is 11.5 Å². The van der Waals surface area contributed by atoms with Crippen LogP contribution in [-0.2, 0) is 10.0 Å². The summed E-state index contributed by atoms with van der Waals surface area (Å²) >= 11 is 0. The molecule has 0 heterocycles. The molecule has 0 aliphatic heterocycles. The van der Waals surface area contributed by atoms with Gasteiger partial charge in [0, 0.05) is 11.8 Å². The standard InChI is InChI=1S/C17H19NO5S/c1-4-11-23-14-7-5-13(6-8-14)18-24(19,20)15-9-10-16(21-2)17(12-15)22-3/h4-10,12,18H,1,11H2,2-3H3. The van der Waals surface area contributed by atoms with Gasteiger partial charge in [0.25, 0.3) is 10.0 Å². The predicted octanol–water partition coefficient (Wildman–Crippen LogP) is 3.07. The summed E-state index contributed by atoms with van der Waals surface area (Å²) in [5.41, 5.74) is 0.427. The number of benzene rings is 2. The SMILES string of the molecule is C=CCOc1ccc(NS(=O)(=O)c2ccc(OC)c(OC)c2)cc1. The topological polar surface area (TPSA) is 73.9 Å². The zero-order chi connectivity index (χ0) is 17.6. The smallest absolute Gasteiger partial charge is 0.262 e. The van der Waals surface area contributed by atoms with Crippen LogP contribution in [0.25, 0.3) is 0 Å². The van der Waals surface area contributed by atoms with Gasteiger partial charge in [0.2, 0.25) is 0 Å². The van der Waals surface area contributed by atoms with Crippen molar-refractivity contribution in [3.8, 4) is 17.2 Å². The highest BCUT2D eigenvalue weighted by molar-refractivity contribution is 7.92. The molecule has 24 heavy (non-hydrogen) atoms. The van der Waals surface area contributed by atoms with Gasteiger partial charge in [-0.15, -0.1) is 0 Å². The van der Waals surface area contributed by atoms with Gasteiger partial charge in [0.1, 0.15) is 12.4 Å². The van der Waals surface area contributed by atoms with E-state index in [0.29, 0.717) is 29.5 Å². The van der Waals surface area contributed by atoms with Crippen LogP contribution in [0.3, 0.4) is 0 Å². The zero-order valence-corrected chi connectivity index (χ0v) is 14.3. The van der Waals surface area contributed by atoms with Crippen molar-refractivity contribution in [2.45, 2.75) is 4.90 Å². The number of methoxy groups -OCH3 is 2. The largest absolute Gasteiger partial charge is 0.493 e. The highest BCUT2D eigenvalue weighted by Gasteiger charge is 2.17. The lowest BCUT2D eigenvalue weighted by atomic mass is 10.3. The molecule has 0 spiro atoms. The molecular weight excluding hydrogens is 330 g/mol. The number of nitrogens with one attached hydrogen (secondary N) is 1. The Hall–Kier alpha value is -2.67. The van der Waals surface area contributed by atoms with Crippen LogP contribution < -0.4 is 18.9 Å². The van der Waals surface area contributed by atoms with Crippen LogP contribution >= 0.6 is 0 Å². The summed E-state index contributed by atoms with van der Waals surface area (Å²) in [5.74, 6) is 1.43. The molecule has 0 bridgehead atoms. The molecule has 2 aromatic carbocycles. The van der Waals surface area contributed by atoms with Crippen molar-refractivity contribution in [1.29, 1.82) is 0 Å². The number of ether oxygens (including phenoxy) is 3. The van der Waals surface area contributed by atoms with Crippen LogP contribution in [0.15, 0.2) is 60.0 Å². The first kappa shape index (κ1) is 17.7. The molecule has 0 unspecified atom stereocenters. The lowest BCUT2D eigenvalue weighted by Gasteiger charge is -2.12. The van der Waals surface area contributed by atoms with Crippen LogP contribution in [0.1, 0.15) is 0 Å². The minimum atomic E-state index is -3.74. The summed E-state index contributed by atoms with van der Waals surface area (Å²) in [7, 11) is -0.809. The number of rotatable bonds is 8. The number of anilines is 1. The van der Waals surface area contributed by atoms with E-state index < -0.39 is 10.0 Å². The second kappa shape index (κ2) is 7.74. The van der Waals surface area contributed by atoms with Crippen LogP contribution in [0.5, 0.6) is 17.2 Å². The Labute approximate surface area is 141 Å². The maximum Gasteiger partial charge on any atom is 0.262 e. The average molecular weight is 349 g/mol. The van der Waals surface area contributed by atoms with Crippen molar-refractivity contribution in [3.05, 3.63) is 55.1 Å². The highest BCUT2D eigenvalue weighted by Crippen LogP contribution is 2.30. The van der Waals surface area contributed by atoms with Gasteiger partial charge in [-0.3, -0.25) is 4.72 Å². The summed E-state index contributed by atoms with van der Waals surface area (Å²) in [5, 5.41) is 0. The van der Waals surface area contributed by atoms with Gasteiger partial charge >= 0.3 is 0 Å². The van der Waals surface area contributed by atoms with E-state index in [2.05, 4.69) is 11.3 Å². The van der Waals surface area contributed by atoms with Crippen molar-refractivity contribution in [2.75, 3.05) is 25.5 Å². The highest BCUT2D eigenvalue weighted by atomic mass is 32.2. The average Bonchev–Trinajstić information content (AvgIpc) is 2.60. The fourth-order valence-corrected chi connectivity index (χ4v) is 3.05. The van der Waals surface area contributed by atoms with E-state index in [0.717, 1.165) is 0 Å². The summed E-state index contributed by atoms with van der Waals surface area (Å²) < 4.78 is 43.1. The van der Waals surface area contributed by atoms with Crippen LogP contribution in [-0.4, -0.2) is 29.2 Å². The molecule has 1 N–H and O–H groups in total. The molecule has 0 aliphatic rings. The van der Waals surface area contributed by atoms with Gasteiger partial charge in [-0.25, -0.2) is 8.42 Å². The molecule has 6 nitrogen and oxygen atoms in total. The summed E-state index contributed by atoms with van der Waals surface area (Å²) in [6.07, 6.45) is 1.63. The second-order valence-corrected chi connectivity index (χ2v) is 6.43. The minimum Gasteiger partial charge on any atom is -0.493 e. The first-order valence-corrected chi connectivity index (χ1v) is 8.57. The molecular formula is C17H19NO5S. The third-order valence-corrected chi connectivity index (χ3v) is 4.52. The second-order valence-electron chi connectivity index (χ2n) is 4.75. The Morgan fingerprint density at radius 1 is 1.04 bits per heavy atom. The molecule has 0 saturated carbocycles. The molecule has 7 heteroatoms. The summed E-state index contributed by atoms with van der Waals surface area (Å²) in [6.45, 7) is 3.95. The van der Waals surface area contributed by atoms with Crippen LogP contribution in [0, 0.1) is 0 Å². The Morgan fingerprint density at radius 2 is 1.71 bits per heavy atom. The first-order chi connectivity index (χ1) is 11.5. The molecule has 0 fully saturated rings. The van der Waals surface area contributed by atoms with Crippen LogP contribution in [0.4, 0.5) is 5.69 Å². The molecule has 0 aromatic heterocycles. The van der Waals surface area contributed by atoms with E-state index in [9.17, 15) is 8.42 Å². The Kier molecular flexibility index (Phi) is 5.70. The summed E-state index contributed by atoms with van der Waals surface area (Å²) in [6, 6.07) is 11.0. The molecule has 2 aromatic rings. The molecule has 0 amide bonds. The molecule has 0 radical (unpaired) electrons. The number of sulfonamides is 1. The van der Waals surface area contributed by atoms with Gasteiger partial charge < -0.3 is 14.2 Å². The third kappa shape index (κ3) is 4.20. The monoisotopic (exact) mass is 349 g/mol. The van der Waals surface area contributed by atoms with E-state index in [4.69, 9.17) is 14.2 Å². The Balaban J connectivity index is 2.20. The van der Waals surface area contributed by atoms with Gasteiger partial charge in [-0.1, -0.05) is 12.7 Å². The number of hydrogen-bond donors (Lipinski definition) is 1. The van der Waals surface area contributed by atoms with Crippen molar-refractivity contribution in [2.24, 2.45) is 0 Å². The quantitative estimate of drug-likeness (QED) is 0.742. The van der Waals surface area contributed by atoms with E-state index in [1.807, 2.05) is 0 Å². The first-order valence-electron chi connectivity index (χ1n) is 7.09. The van der Waals surface area contributed by atoms with Crippen molar-refractivity contribution in [3.63, 3.8) is 0 Å². The van der Waals surface area contributed by atoms with Gasteiger partial charge in [-0.05, 0) is 36.4 Å². The zero-order valence-electron chi connectivity index (χ0n) is 13.5. The minimum absolute atomic E-state index is 0.0760. The molecule has 0 atom stereocenters. The normalized spacial score (nSPS) is 10.8. The van der Waals surface area contributed by atoms with E-state index in [-0.39, 0.29) is 4.90 Å². The lowest BCUT2D eigenvalue weighted by molar-refractivity contribution is 0.354. The van der Waals surface area contributed by atoms with E-state index in [1.54, 1.807) is 36.4 Å². The molecule has 2 rings (SSSR count). The Morgan fingerprint density at radius 3 is 2.29 bits per heavy atom. The maximum atomic E-state index is 12.5. The fraction of sp³-hybridized carbons (Fsp3) is 0.176. The third-order valence-electron chi connectivity index (χ3n) is 3.14. The van der Waals surface area contributed by atoms with E-state index in [1.165, 1.54) is 26.4 Å². The number of hydrogen-bond acceptors (Lipinski definition) is 5. The molecule has 128 valence electrons. The molecule has 0 aliphatic carbocycles. The Bertz CT molecular complexity index is 800. The predicted molar refractivity (Wildman–Crippen MR) is 92.5 cm³/mol. The van der Waals surface area contributed by atoms with Gasteiger partial charge in [0.05, 0.1) is 19.1 Å². The lowest BCUT2D eigenvalue weighted by Crippen LogP contribution is -2.13. The van der Waals surface area contributed by atoms with Gasteiger partial charge in [-0.2, -0.15) is 0 Å².